The van der Waals surface area contributed by atoms with Gasteiger partial charge in [-0.15, -0.1) is 0 Å². The summed E-state index contributed by atoms with van der Waals surface area (Å²) in [7, 11) is 0. The van der Waals surface area contributed by atoms with Gasteiger partial charge in [-0.3, -0.25) is 9.36 Å². The molecule has 0 unspecified atom stereocenters. The highest BCUT2D eigenvalue weighted by Crippen LogP contribution is 2.36. The molecule has 0 aromatic carbocycles. The fourth-order valence-electron chi connectivity index (χ4n) is 1.21. The Balaban J connectivity index is 3.16. The summed E-state index contributed by atoms with van der Waals surface area (Å²) in [6.07, 6.45) is 1.58. The van der Waals surface area contributed by atoms with Crippen LogP contribution in [0.3, 0.4) is 0 Å². The third-order valence-electron chi connectivity index (χ3n) is 2.28. The van der Waals surface area contributed by atoms with Crippen molar-refractivity contribution in [3.05, 3.63) is 28.9 Å². The van der Waals surface area contributed by atoms with E-state index in [1.165, 1.54) is 18.5 Å². The predicted molar refractivity (Wildman–Crippen MR) is 75.4 cm³/mol. The zero-order valence-electron chi connectivity index (χ0n) is 10.7. The Morgan fingerprint density at radius 3 is 2.37 bits per heavy atom. The first kappa shape index (κ1) is 16.3. The minimum absolute atomic E-state index is 0.348. The number of aromatic nitrogens is 2. The van der Waals surface area contributed by atoms with E-state index in [1.54, 1.807) is 20.8 Å². The van der Waals surface area contributed by atoms with Crippen LogP contribution in [-0.2, 0) is 4.79 Å². The highest BCUT2D eigenvalue weighted by Gasteiger charge is 2.38. The molecule has 5 nitrogen and oxygen atoms in total. The maximum Gasteiger partial charge on any atom is 0.349 e. The SMILES string of the molecule is CC(C)(C)C(=O)N[C@H](n1cccnc1=O)C(Cl)(Cl)Cl. The smallest absolute Gasteiger partial charge is 0.331 e. The van der Waals surface area contributed by atoms with Crippen molar-refractivity contribution in [3.63, 3.8) is 0 Å². The van der Waals surface area contributed by atoms with E-state index in [1.807, 2.05) is 0 Å². The van der Waals surface area contributed by atoms with Gasteiger partial charge < -0.3 is 5.32 Å². The van der Waals surface area contributed by atoms with Gasteiger partial charge in [0.15, 0.2) is 6.17 Å². The van der Waals surface area contributed by atoms with Gasteiger partial charge in [-0.1, -0.05) is 55.6 Å². The standard InChI is InChI=1S/C11H14Cl3N3O2/c1-10(2,3)8(18)16-7(11(12,13)14)17-6-4-5-15-9(17)19/h4-7H,1-3H3,(H,16,18)/t7-/m1/s1. The molecule has 1 aromatic heterocycles. The van der Waals surface area contributed by atoms with Gasteiger partial charge in [0.2, 0.25) is 9.70 Å². The highest BCUT2D eigenvalue weighted by molar-refractivity contribution is 6.67. The number of hydrogen-bond acceptors (Lipinski definition) is 3. The molecule has 1 rings (SSSR count). The van der Waals surface area contributed by atoms with Crippen LogP contribution in [-0.4, -0.2) is 19.3 Å². The van der Waals surface area contributed by atoms with Crippen LogP contribution in [0.2, 0.25) is 0 Å². The number of alkyl halides is 3. The first-order chi connectivity index (χ1) is 8.53. The van der Waals surface area contributed by atoms with E-state index in [9.17, 15) is 9.59 Å². The molecule has 8 heteroatoms. The van der Waals surface area contributed by atoms with Gasteiger partial charge in [0.25, 0.3) is 0 Å². The minimum atomic E-state index is -1.88. The lowest BCUT2D eigenvalue weighted by atomic mass is 9.95. The number of carbonyl (C=O) groups excluding carboxylic acids is 1. The second kappa shape index (κ2) is 5.69. The van der Waals surface area contributed by atoms with Gasteiger partial charge in [0.1, 0.15) is 0 Å². The van der Waals surface area contributed by atoms with Crippen LogP contribution in [0.5, 0.6) is 0 Å². The summed E-state index contributed by atoms with van der Waals surface area (Å²) in [6, 6.07) is 1.51. The van der Waals surface area contributed by atoms with Crippen LogP contribution >= 0.6 is 34.8 Å². The van der Waals surface area contributed by atoms with Crippen molar-refractivity contribution in [1.82, 2.24) is 14.9 Å². The Hall–Kier alpha value is -0.780. The van der Waals surface area contributed by atoms with Crippen molar-refractivity contribution in [1.29, 1.82) is 0 Å². The molecule has 0 saturated carbocycles. The van der Waals surface area contributed by atoms with E-state index in [2.05, 4.69) is 10.3 Å². The molecule has 1 N–H and O–H groups in total. The number of hydrogen-bond donors (Lipinski definition) is 1. The fraction of sp³-hybridized carbons (Fsp3) is 0.545. The normalized spacial score (nSPS) is 14.0. The summed E-state index contributed by atoms with van der Waals surface area (Å²) in [5.74, 6) is -0.348. The second-order valence-corrected chi connectivity index (χ2v) is 7.35. The van der Waals surface area contributed by atoms with Gasteiger partial charge in [-0.2, -0.15) is 0 Å². The van der Waals surface area contributed by atoms with Gasteiger partial charge in [0.05, 0.1) is 0 Å². The second-order valence-electron chi connectivity index (χ2n) is 4.98. The number of nitrogens with one attached hydrogen (secondary N) is 1. The first-order valence-corrected chi connectivity index (χ1v) is 6.57. The highest BCUT2D eigenvalue weighted by atomic mass is 35.6. The Morgan fingerprint density at radius 2 is 1.95 bits per heavy atom. The van der Waals surface area contributed by atoms with Crippen LogP contribution in [0, 0.1) is 5.41 Å². The molecule has 0 bridgehead atoms. The summed E-state index contributed by atoms with van der Waals surface area (Å²) >= 11 is 17.5. The third kappa shape index (κ3) is 4.37. The largest absolute Gasteiger partial charge is 0.349 e. The minimum Gasteiger partial charge on any atom is -0.331 e. The maximum absolute atomic E-state index is 12.0. The number of carbonyl (C=O) groups is 1. The van der Waals surface area contributed by atoms with Crippen LogP contribution in [0.15, 0.2) is 23.3 Å². The summed E-state index contributed by atoms with van der Waals surface area (Å²) in [4.78, 5) is 27.2. The molecule has 0 aliphatic rings. The monoisotopic (exact) mass is 325 g/mol. The Morgan fingerprint density at radius 1 is 1.37 bits per heavy atom. The van der Waals surface area contributed by atoms with Crippen LogP contribution in [0.4, 0.5) is 0 Å². The van der Waals surface area contributed by atoms with Crippen molar-refractivity contribution >= 4 is 40.7 Å². The maximum atomic E-state index is 12.0. The topological polar surface area (TPSA) is 64.0 Å². The van der Waals surface area contributed by atoms with E-state index in [0.717, 1.165) is 4.57 Å². The molecular formula is C11H14Cl3N3O2. The Bertz CT molecular complexity index is 517. The molecule has 0 spiro atoms. The molecule has 106 valence electrons. The molecule has 0 saturated heterocycles. The van der Waals surface area contributed by atoms with Crippen molar-refractivity contribution in [3.8, 4) is 0 Å². The molecule has 0 aliphatic carbocycles. The van der Waals surface area contributed by atoms with E-state index in [4.69, 9.17) is 34.8 Å². The number of rotatable bonds is 2. The van der Waals surface area contributed by atoms with E-state index < -0.39 is 21.1 Å². The van der Waals surface area contributed by atoms with Crippen LogP contribution < -0.4 is 11.0 Å². The van der Waals surface area contributed by atoms with Gasteiger partial charge in [0, 0.05) is 17.8 Å². The summed E-state index contributed by atoms with van der Waals surface area (Å²) in [6.45, 7) is 5.14. The zero-order chi connectivity index (χ0) is 14.8. The number of halogens is 3. The lowest BCUT2D eigenvalue weighted by Gasteiger charge is -2.29. The molecule has 1 amide bonds. The van der Waals surface area contributed by atoms with Crippen LogP contribution in [0.25, 0.3) is 0 Å². The zero-order valence-corrected chi connectivity index (χ0v) is 12.9. The first-order valence-electron chi connectivity index (χ1n) is 5.44. The lowest BCUT2D eigenvalue weighted by Crippen LogP contribution is -2.48. The molecular weight excluding hydrogens is 312 g/mol. The summed E-state index contributed by atoms with van der Waals surface area (Å²) in [5.41, 5.74) is -1.30. The number of nitrogens with zero attached hydrogens (tertiary/aromatic N) is 2. The molecule has 1 atom stereocenters. The van der Waals surface area contributed by atoms with E-state index in [-0.39, 0.29) is 5.91 Å². The molecule has 0 aliphatic heterocycles. The summed E-state index contributed by atoms with van der Waals surface area (Å²) in [5, 5.41) is 2.54. The predicted octanol–water partition coefficient (Wildman–Crippen LogP) is 2.27. The van der Waals surface area contributed by atoms with E-state index in [0.29, 0.717) is 0 Å². The molecule has 0 fully saturated rings. The van der Waals surface area contributed by atoms with Crippen molar-refractivity contribution in [2.45, 2.75) is 30.7 Å². The fourth-order valence-corrected chi connectivity index (χ4v) is 1.69. The third-order valence-corrected chi connectivity index (χ3v) is 2.90. The van der Waals surface area contributed by atoms with Crippen molar-refractivity contribution < 1.29 is 4.79 Å². The van der Waals surface area contributed by atoms with E-state index >= 15 is 0 Å². The van der Waals surface area contributed by atoms with Crippen molar-refractivity contribution in [2.75, 3.05) is 0 Å². The quantitative estimate of drug-likeness (QED) is 0.848. The molecule has 1 aromatic rings. The van der Waals surface area contributed by atoms with Gasteiger partial charge >= 0.3 is 5.69 Å². The average Bonchev–Trinajstić information content (AvgIpc) is 2.24. The molecule has 19 heavy (non-hydrogen) atoms. The van der Waals surface area contributed by atoms with Gasteiger partial charge in [-0.05, 0) is 6.07 Å². The summed E-state index contributed by atoms with van der Waals surface area (Å²) < 4.78 is -0.815. The Labute approximate surface area is 125 Å². The molecule has 1 heterocycles. The lowest BCUT2D eigenvalue weighted by molar-refractivity contribution is -0.129. The van der Waals surface area contributed by atoms with Gasteiger partial charge in [-0.25, -0.2) is 9.78 Å². The molecule has 0 radical (unpaired) electrons. The Kier molecular flexibility index (Phi) is 4.87. The average molecular weight is 327 g/mol. The number of amides is 1. The van der Waals surface area contributed by atoms with Crippen molar-refractivity contribution in [2.24, 2.45) is 5.41 Å². The van der Waals surface area contributed by atoms with Crippen LogP contribution in [0.1, 0.15) is 26.9 Å².